The summed E-state index contributed by atoms with van der Waals surface area (Å²) in [5, 5.41) is 18.0. The number of anilines is 1. The molecule has 11 heteroatoms. The number of ether oxygens (including phenoxy) is 1. The van der Waals surface area contributed by atoms with Crippen LogP contribution >= 0.6 is 22.9 Å². The van der Waals surface area contributed by atoms with Crippen LogP contribution in [0.2, 0.25) is 5.28 Å². The minimum absolute atomic E-state index is 0.0437. The molecular formula is C26H29ClN6O3S. The number of aromatic nitrogens is 3. The molecule has 3 aromatic heterocycles. The lowest BCUT2D eigenvalue weighted by Gasteiger charge is -2.29. The van der Waals surface area contributed by atoms with Gasteiger partial charge in [0.1, 0.15) is 4.88 Å². The Balaban J connectivity index is 1.46. The third-order valence-corrected chi connectivity index (χ3v) is 7.66. The van der Waals surface area contributed by atoms with Crippen LogP contribution in [0.15, 0.2) is 30.5 Å². The van der Waals surface area contributed by atoms with Gasteiger partial charge in [-0.15, -0.1) is 11.3 Å². The van der Waals surface area contributed by atoms with Gasteiger partial charge < -0.3 is 20.5 Å². The van der Waals surface area contributed by atoms with Crippen molar-refractivity contribution in [2.45, 2.75) is 45.4 Å². The Labute approximate surface area is 223 Å². The van der Waals surface area contributed by atoms with Crippen molar-refractivity contribution in [2.75, 3.05) is 25.5 Å². The number of hydrogen-bond acceptors (Lipinski definition) is 9. The summed E-state index contributed by atoms with van der Waals surface area (Å²) in [5.74, 6) is 0.645. The first-order chi connectivity index (χ1) is 17.8. The summed E-state index contributed by atoms with van der Waals surface area (Å²) in [6.07, 6.45) is 2.91. The van der Waals surface area contributed by atoms with E-state index in [-0.39, 0.29) is 23.3 Å². The maximum absolute atomic E-state index is 12.8. The van der Waals surface area contributed by atoms with Crippen molar-refractivity contribution in [3.63, 3.8) is 0 Å². The van der Waals surface area contributed by atoms with Crippen LogP contribution in [0.25, 0.3) is 21.0 Å². The Morgan fingerprint density at radius 3 is 2.76 bits per heavy atom. The highest BCUT2D eigenvalue weighted by Crippen LogP contribution is 2.40. The second-order valence-electron chi connectivity index (χ2n) is 9.42. The number of pyridine rings is 1. The number of hydrogen-bond donors (Lipinski definition) is 3. The number of aliphatic hydroxyl groups is 1. The summed E-state index contributed by atoms with van der Waals surface area (Å²) in [4.78, 5) is 28.9. The minimum atomic E-state index is -0.242. The number of benzene rings is 1. The standard InChI is InChI=1S/C26H29ClN6O3S/c1-14(2)30-24(35)23-22(28-3)21-17-4-7-20(31-18(17)5-6-19(21)37-23)36-25-15(12-29-26(27)32-25)13-33-10-8-16(34)9-11-33/h4-7,12,14,16,28,34H,8-11,13H2,1-3H3,(H,30,35). The summed E-state index contributed by atoms with van der Waals surface area (Å²) in [6, 6.07) is 7.69. The van der Waals surface area contributed by atoms with Gasteiger partial charge in [-0.2, -0.15) is 4.98 Å². The molecule has 0 saturated carbocycles. The molecule has 9 nitrogen and oxygen atoms in total. The first-order valence-corrected chi connectivity index (χ1v) is 13.5. The lowest BCUT2D eigenvalue weighted by molar-refractivity contribution is 0.0788. The van der Waals surface area contributed by atoms with E-state index in [2.05, 4.69) is 25.5 Å². The molecule has 37 heavy (non-hydrogen) atoms. The van der Waals surface area contributed by atoms with Gasteiger partial charge in [-0.1, -0.05) is 0 Å². The summed E-state index contributed by atoms with van der Waals surface area (Å²) in [5.41, 5.74) is 2.33. The zero-order valence-corrected chi connectivity index (χ0v) is 22.5. The lowest BCUT2D eigenvalue weighted by Crippen LogP contribution is -2.35. The van der Waals surface area contributed by atoms with Gasteiger partial charge in [0.15, 0.2) is 0 Å². The van der Waals surface area contributed by atoms with Crippen molar-refractivity contribution in [3.05, 3.63) is 46.2 Å². The summed E-state index contributed by atoms with van der Waals surface area (Å²) in [6.45, 7) is 6.06. The third kappa shape index (κ3) is 5.47. The van der Waals surface area contributed by atoms with Gasteiger partial charge in [-0.05, 0) is 56.5 Å². The molecule has 0 spiro atoms. The molecule has 1 aromatic carbocycles. The molecule has 1 aliphatic rings. The molecule has 0 bridgehead atoms. The van der Waals surface area contributed by atoms with Gasteiger partial charge in [0.05, 0.1) is 17.3 Å². The minimum Gasteiger partial charge on any atom is -0.420 e. The molecule has 0 radical (unpaired) electrons. The van der Waals surface area contributed by atoms with Crippen LogP contribution in [-0.2, 0) is 6.54 Å². The number of carbonyl (C=O) groups excluding carboxylic acids is 1. The predicted octanol–water partition coefficient (Wildman–Crippen LogP) is 4.82. The number of piperidine rings is 1. The van der Waals surface area contributed by atoms with Crippen molar-refractivity contribution < 1.29 is 14.6 Å². The Hall–Kier alpha value is -3.05. The number of thiophene rings is 1. The van der Waals surface area contributed by atoms with E-state index in [0.29, 0.717) is 23.2 Å². The molecule has 1 fully saturated rings. The predicted molar refractivity (Wildman–Crippen MR) is 147 cm³/mol. The molecule has 194 valence electrons. The van der Waals surface area contributed by atoms with Gasteiger partial charge in [0, 0.05) is 66.0 Å². The SMILES string of the molecule is CNc1c(C(=O)NC(C)C)sc2ccc3nc(Oc4nc(Cl)ncc4CN4CCC(O)CC4)ccc3c12. The summed E-state index contributed by atoms with van der Waals surface area (Å²) in [7, 11) is 1.82. The van der Waals surface area contributed by atoms with E-state index >= 15 is 0 Å². The topological polar surface area (TPSA) is 112 Å². The number of carbonyl (C=O) groups is 1. The molecule has 0 aliphatic carbocycles. The summed E-state index contributed by atoms with van der Waals surface area (Å²) >= 11 is 7.55. The van der Waals surface area contributed by atoms with E-state index in [0.717, 1.165) is 58.2 Å². The Morgan fingerprint density at radius 1 is 1.24 bits per heavy atom. The number of nitrogens with one attached hydrogen (secondary N) is 2. The fourth-order valence-corrected chi connectivity index (χ4v) is 5.80. The van der Waals surface area contributed by atoms with E-state index < -0.39 is 0 Å². The van der Waals surface area contributed by atoms with Crippen LogP contribution < -0.4 is 15.4 Å². The molecule has 3 N–H and O–H groups in total. The lowest BCUT2D eigenvalue weighted by atomic mass is 10.1. The molecule has 4 aromatic rings. The molecule has 4 heterocycles. The van der Waals surface area contributed by atoms with Gasteiger partial charge in [-0.25, -0.2) is 9.97 Å². The van der Waals surface area contributed by atoms with Gasteiger partial charge in [-0.3, -0.25) is 9.69 Å². The van der Waals surface area contributed by atoms with Crippen LogP contribution in [0.5, 0.6) is 11.8 Å². The van der Waals surface area contributed by atoms with E-state index in [4.69, 9.17) is 21.3 Å². The molecule has 0 unspecified atom stereocenters. The zero-order chi connectivity index (χ0) is 26.1. The molecule has 1 saturated heterocycles. The highest BCUT2D eigenvalue weighted by Gasteiger charge is 2.22. The average molecular weight is 541 g/mol. The highest BCUT2D eigenvalue weighted by molar-refractivity contribution is 7.21. The van der Waals surface area contributed by atoms with Crippen LogP contribution in [0.1, 0.15) is 41.9 Å². The second-order valence-corrected chi connectivity index (χ2v) is 10.8. The van der Waals surface area contributed by atoms with Crippen molar-refractivity contribution in [1.82, 2.24) is 25.2 Å². The van der Waals surface area contributed by atoms with Crippen LogP contribution in [0.3, 0.4) is 0 Å². The molecular weight excluding hydrogens is 512 g/mol. The fourth-order valence-electron chi connectivity index (χ4n) is 4.55. The first kappa shape index (κ1) is 25.6. The smallest absolute Gasteiger partial charge is 0.263 e. The number of rotatable bonds is 7. The van der Waals surface area contributed by atoms with Crippen LogP contribution in [0.4, 0.5) is 5.69 Å². The number of likely N-dealkylation sites (tertiary alicyclic amines) is 1. The third-order valence-electron chi connectivity index (χ3n) is 6.32. The van der Waals surface area contributed by atoms with E-state index in [1.54, 1.807) is 12.3 Å². The van der Waals surface area contributed by atoms with Gasteiger partial charge >= 0.3 is 0 Å². The largest absolute Gasteiger partial charge is 0.420 e. The summed E-state index contributed by atoms with van der Waals surface area (Å²) < 4.78 is 7.11. The van der Waals surface area contributed by atoms with Crippen molar-refractivity contribution >= 4 is 55.5 Å². The van der Waals surface area contributed by atoms with Crippen molar-refractivity contribution in [3.8, 4) is 11.8 Å². The van der Waals surface area contributed by atoms with Gasteiger partial charge in [0.2, 0.25) is 17.0 Å². The Kier molecular flexibility index (Phi) is 7.43. The zero-order valence-electron chi connectivity index (χ0n) is 20.9. The van der Waals surface area contributed by atoms with Crippen LogP contribution in [-0.4, -0.2) is 63.1 Å². The van der Waals surface area contributed by atoms with E-state index in [1.807, 2.05) is 39.1 Å². The monoisotopic (exact) mass is 540 g/mol. The Morgan fingerprint density at radius 2 is 2.03 bits per heavy atom. The molecule has 5 rings (SSSR count). The molecule has 1 amide bonds. The molecule has 1 aliphatic heterocycles. The van der Waals surface area contributed by atoms with E-state index in [1.165, 1.54) is 11.3 Å². The van der Waals surface area contributed by atoms with Gasteiger partial charge in [0.25, 0.3) is 5.91 Å². The number of fused-ring (bicyclic) bond motifs is 3. The Bertz CT molecular complexity index is 1450. The number of halogens is 1. The highest BCUT2D eigenvalue weighted by atomic mass is 35.5. The average Bonchev–Trinajstić information content (AvgIpc) is 3.26. The number of nitrogens with zero attached hydrogens (tertiary/aromatic N) is 4. The first-order valence-electron chi connectivity index (χ1n) is 12.3. The van der Waals surface area contributed by atoms with Crippen molar-refractivity contribution in [1.29, 1.82) is 0 Å². The van der Waals surface area contributed by atoms with Crippen molar-refractivity contribution in [2.24, 2.45) is 0 Å². The maximum atomic E-state index is 12.8. The van der Waals surface area contributed by atoms with Crippen LogP contribution in [0, 0.1) is 0 Å². The normalized spacial score (nSPS) is 15.0. The van der Waals surface area contributed by atoms with E-state index in [9.17, 15) is 9.90 Å². The maximum Gasteiger partial charge on any atom is 0.263 e. The quantitative estimate of drug-likeness (QED) is 0.286. The second kappa shape index (κ2) is 10.7. The number of amides is 1. The fraction of sp³-hybridized carbons (Fsp3) is 0.385. The molecule has 0 atom stereocenters. The number of aliphatic hydroxyl groups excluding tert-OH is 1.